The van der Waals surface area contributed by atoms with E-state index in [1.54, 1.807) is 0 Å². The molecule has 0 bridgehead atoms. The van der Waals surface area contributed by atoms with Gasteiger partial charge in [-0.1, -0.05) is 26.2 Å². The van der Waals surface area contributed by atoms with Crippen LogP contribution in [0, 0.1) is 5.92 Å². The molecule has 1 aliphatic carbocycles. The van der Waals surface area contributed by atoms with E-state index in [-0.39, 0.29) is 0 Å². The fourth-order valence-electron chi connectivity index (χ4n) is 2.76. The molecule has 3 nitrogen and oxygen atoms in total. The molecule has 0 aromatic carbocycles. The molecule has 1 N–H and O–H groups in total. The zero-order valence-corrected chi connectivity index (χ0v) is 10.2. The van der Waals surface area contributed by atoms with Crippen molar-refractivity contribution in [1.29, 1.82) is 0 Å². The lowest BCUT2D eigenvalue weighted by molar-refractivity contribution is 0.253. The Morgan fingerprint density at radius 1 is 1.38 bits per heavy atom. The Bertz CT molecular complexity index is 281. The SMILES string of the molecule is CCC1CCCCC1NCCn1cccn1. The zero-order valence-electron chi connectivity index (χ0n) is 10.2. The fraction of sp³-hybridized carbons (Fsp3) is 0.769. The van der Waals surface area contributed by atoms with Crippen LogP contribution in [0.2, 0.25) is 0 Å². The van der Waals surface area contributed by atoms with Gasteiger partial charge in [0.25, 0.3) is 0 Å². The monoisotopic (exact) mass is 221 g/mol. The summed E-state index contributed by atoms with van der Waals surface area (Å²) < 4.78 is 2.00. The molecule has 1 fully saturated rings. The number of hydrogen-bond donors (Lipinski definition) is 1. The quantitative estimate of drug-likeness (QED) is 0.827. The van der Waals surface area contributed by atoms with Crippen LogP contribution in [0.4, 0.5) is 0 Å². The highest BCUT2D eigenvalue weighted by molar-refractivity contribution is 4.81. The summed E-state index contributed by atoms with van der Waals surface area (Å²) in [5, 5.41) is 7.91. The summed E-state index contributed by atoms with van der Waals surface area (Å²) in [7, 11) is 0. The Morgan fingerprint density at radius 3 is 3.00 bits per heavy atom. The second kappa shape index (κ2) is 6.04. The molecule has 1 aliphatic rings. The van der Waals surface area contributed by atoms with Crippen molar-refractivity contribution in [3.05, 3.63) is 18.5 Å². The second-order valence-electron chi connectivity index (χ2n) is 4.78. The van der Waals surface area contributed by atoms with Crippen LogP contribution in [0.1, 0.15) is 39.0 Å². The fourth-order valence-corrected chi connectivity index (χ4v) is 2.76. The molecule has 0 aliphatic heterocycles. The highest BCUT2D eigenvalue weighted by Crippen LogP contribution is 2.26. The maximum absolute atomic E-state index is 4.21. The summed E-state index contributed by atoms with van der Waals surface area (Å²) in [5.41, 5.74) is 0. The van der Waals surface area contributed by atoms with E-state index in [0.717, 1.165) is 25.0 Å². The van der Waals surface area contributed by atoms with E-state index in [4.69, 9.17) is 0 Å². The molecule has 1 aromatic rings. The largest absolute Gasteiger partial charge is 0.312 e. The van der Waals surface area contributed by atoms with Crippen LogP contribution in [0.25, 0.3) is 0 Å². The first-order valence-corrected chi connectivity index (χ1v) is 6.61. The molecule has 0 radical (unpaired) electrons. The summed E-state index contributed by atoms with van der Waals surface area (Å²) >= 11 is 0. The van der Waals surface area contributed by atoms with Crippen LogP contribution < -0.4 is 5.32 Å². The van der Waals surface area contributed by atoms with E-state index in [1.165, 1.54) is 32.1 Å². The van der Waals surface area contributed by atoms with Crippen molar-refractivity contribution in [3.63, 3.8) is 0 Å². The Kier molecular flexibility index (Phi) is 4.40. The molecule has 0 saturated heterocycles. The third kappa shape index (κ3) is 3.08. The predicted octanol–water partition coefficient (Wildman–Crippen LogP) is 2.44. The standard InChI is InChI=1S/C13H23N3/c1-2-12-6-3-4-7-13(12)14-9-11-16-10-5-8-15-16/h5,8,10,12-14H,2-4,6-7,9,11H2,1H3. The molecule has 1 heterocycles. The van der Waals surface area contributed by atoms with Gasteiger partial charge in [-0.2, -0.15) is 5.10 Å². The molecule has 2 atom stereocenters. The van der Waals surface area contributed by atoms with Gasteiger partial charge >= 0.3 is 0 Å². The van der Waals surface area contributed by atoms with Crippen molar-refractivity contribution in [1.82, 2.24) is 15.1 Å². The van der Waals surface area contributed by atoms with E-state index in [0.29, 0.717) is 0 Å². The minimum atomic E-state index is 0.745. The Morgan fingerprint density at radius 2 is 2.25 bits per heavy atom. The van der Waals surface area contributed by atoms with E-state index >= 15 is 0 Å². The molecular weight excluding hydrogens is 198 g/mol. The minimum absolute atomic E-state index is 0.745. The van der Waals surface area contributed by atoms with Gasteiger partial charge in [0.1, 0.15) is 0 Å². The molecular formula is C13H23N3. The predicted molar refractivity (Wildman–Crippen MR) is 66.3 cm³/mol. The van der Waals surface area contributed by atoms with E-state index in [2.05, 4.69) is 17.3 Å². The van der Waals surface area contributed by atoms with Gasteiger partial charge in [0, 0.05) is 25.0 Å². The molecule has 0 spiro atoms. The Labute approximate surface area is 98.2 Å². The van der Waals surface area contributed by atoms with Crippen molar-refractivity contribution in [2.75, 3.05) is 6.54 Å². The van der Waals surface area contributed by atoms with E-state index in [1.807, 2.05) is 23.1 Å². The topological polar surface area (TPSA) is 29.9 Å². The van der Waals surface area contributed by atoms with E-state index in [9.17, 15) is 0 Å². The van der Waals surface area contributed by atoms with Gasteiger partial charge in [0.2, 0.25) is 0 Å². The number of aromatic nitrogens is 2. The van der Waals surface area contributed by atoms with Crippen LogP contribution in [0.15, 0.2) is 18.5 Å². The lowest BCUT2D eigenvalue weighted by Crippen LogP contribution is -2.39. The third-order valence-electron chi connectivity index (χ3n) is 3.74. The first kappa shape index (κ1) is 11.6. The van der Waals surface area contributed by atoms with Crippen molar-refractivity contribution >= 4 is 0 Å². The molecule has 1 aromatic heterocycles. The molecule has 1 saturated carbocycles. The zero-order chi connectivity index (χ0) is 11.2. The van der Waals surface area contributed by atoms with Gasteiger partial charge < -0.3 is 5.32 Å². The normalized spacial score (nSPS) is 25.8. The van der Waals surface area contributed by atoms with Crippen LogP contribution in [0.5, 0.6) is 0 Å². The molecule has 2 unspecified atom stereocenters. The summed E-state index contributed by atoms with van der Waals surface area (Å²) in [4.78, 5) is 0. The number of nitrogens with zero attached hydrogens (tertiary/aromatic N) is 2. The smallest absolute Gasteiger partial charge is 0.0534 e. The van der Waals surface area contributed by atoms with Crippen molar-refractivity contribution in [2.24, 2.45) is 5.92 Å². The van der Waals surface area contributed by atoms with Crippen LogP contribution in [0.3, 0.4) is 0 Å². The van der Waals surface area contributed by atoms with Crippen molar-refractivity contribution in [2.45, 2.75) is 51.6 Å². The molecule has 2 rings (SSSR count). The molecule has 0 amide bonds. The number of nitrogens with one attached hydrogen (secondary N) is 1. The number of hydrogen-bond acceptors (Lipinski definition) is 2. The van der Waals surface area contributed by atoms with Crippen molar-refractivity contribution < 1.29 is 0 Å². The second-order valence-corrected chi connectivity index (χ2v) is 4.78. The molecule has 3 heteroatoms. The van der Waals surface area contributed by atoms with Crippen LogP contribution >= 0.6 is 0 Å². The summed E-state index contributed by atoms with van der Waals surface area (Å²) in [6, 6.07) is 2.73. The van der Waals surface area contributed by atoms with Crippen LogP contribution in [-0.2, 0) is 6.54 Å². The lowest BCUT2D eigenvalue weighted by Gasteiger charge is -2.31. The minimum Gasteiger partial charge on any atom is -0.312 e. The number of rotatable bonds is 5. The Balaban J connectivity index is 1.71. The van der Waals surface area contributed by atoms with E-state index < -0.39 is 0 Å². The maximum Gasteiger partial charge on any atom is 0.0534 e. The summed E-state index contributed by atoms with van der Waals surface area (Å²) in [5.74, 6) is 0.895. The average Bonchev–Trinajstić information content (AvgIpc) is 2.83. The highest BCUT2D eigenvalue weighted by atomic mass is 15.3. The van der Waals surface area contributed by atoms with Gasteiger partial charge in [0.05, 0.1) is 6.54 Å². The molecule has 16 heavy (non-hydrogen) atoms. The first-order chi connectivity index (χ1) is 7.90. The summed E-state index contributed by atoms with van der Waals surface area (Å²) in [6.07, 6.45) is 10.8. The summed E-state index contributed by atoms with van der Waals surface area (Å²) in [6.45, 7) is 4.35. The maximum atomic E-state index is 4.21. The van der Waals surface area contributed by atoms with Gasteiger partial charge in [0.15, 0.2) is 0 Å². The first-order valence-electron chi connectivity index (χ1n) is 6.61. The lowest BCUT2D eigenvalue weighted by atomic mass is 9.83. The van der Waals surface area contributed by atoms with Gasteiger partial charge in [-0.3, -0.25) is 4.68 Å². The third-order valence-corrected chi connectivity index (χ3v) is 3.74. The van der Waals surface area contributed by atoms with Gasteiger partial charge in [-0.25, -0.2) is 0 Å². The van der Waals surface area contributed by atoms with Crippen LogP contribution in [-0.4, -0.2) is 22.4 Å². The Hall–Kier alpha value is -0.830. The van der Waals surface area contributed by atoms with Gasteiger partial charge in [-0.15, -0.1) is 0 Å². The van der Waals surface area contributed by atoms with Crippen molar-refractivity contribution in [3.8, 4) is 0 Å². The highest BCUT2D eigenvalue weighted by Gasteiger charge is 2.22. The molecule has 90 valence electrons. The average molecular weight is 221 g/mol. The van der Waals surface area contributed by atoms with Gasteiger partial charge in [-0.05, 0) is 24.8 Å².